The van der Waals surface area contributed by atoms with Gasteiger partial charge in [-0.2, -0.15) is 0 Å². The van der Waals surface area contributed by atoms with Crippen molar-refractivity contribution in [2.75, 3.05) is 13.1 Å². The van der Waals surface area contributed by atoms with Crippen LogP contribution in [0.4, 0.5) is 0 Å². The summed E-state index contributed by atoms with van der Waals surface area (Å²) in [6, 6.07) is -4.78. The Morgan fingerprint density at radius 2 is 1.15 bits per heavy atom. The number of nitrogens with two attached hydrogens (primary N) is 5. The number of carboxylic acid groups (broad SMARTS) is 2. The molecule has 0 aliphatic rings. The third-order valence-electron chi connectivity index (χ3n) is 5.39. The molecule has 4 atom stereocenters. The van der Waals surface area contributed by atoms with Crippen LogP contribution in [0.3, 0.4) is 0 Å². The van der Waals surface area contributed by atoms with E-state index in [2.05, 4.69) is 25.9 Å². The molecule has 15 N–H and O–H groups in total. The van der Waals surface area contributed by atoms with E-state index in [1.807, 2.05) is 0 Å². The van der Waals surface area contributed by atoms with Crippen molar-refractivity contribution >= 4 is 41.6 Å². The van der Waals surface area contributed by atoms with Gasteiger partial charge < -0.3 is 54.8 Å². The third kappa shape index (κ3) is 15.6. The fourth-order valence-corrected chi connectivity index (χ4v) is 3.27. The number of aliphatic carboxylic acids is 2. The maximum absolute atomic E-state index is 13.2. The molecule has 3 amide bonds. The number of rotatable bonds is 19. The van der Waals surface area contributed by atoms with E-state index in [4.69, 9.17) is 33.8 Å². The van der Waals surface area contributed by atoms with E-state index in [9.17, 15) is 29.1 Å². The number of aliphatic imine (C=N–C) groups is 2. The van der Waals surface area contributed by atoms with Gasteiger partial charge in [0.2, 0.25) is 17.7 Å². The lowest BCUT2D eigenvalue weighted by molar-refractivity contribution is -0.143. The highest BCUT2D eigenvalue weighted by Gasteiger charge is 2.31. The average molecular weight is 559 g/mol. The predicted octanol–water partition coefficient (Wildman–Crippen LogP) is -3.52. The van der Waals surface area contributed by atoms with Gasteiger partial charge in [-0.05, 0) is 38.0 Å². The van der Waals surface area contributed by atoms with Crippen molar-refractivity contribution < 1.29 is 34.2 Å². The standard InChI is InChI=1S/C22H42N10O7/c1-11(2)16(20(38)39)32-19(37)14(6-4-10-29-22(26)27)31-18(36)13(5-3-9-28-21(24)25)30-17(35)12(23)7-8-15(33)34/h11-14,16H,3-10,23H2,1-2H3,(H,30,35)(H,31,36)(H,32,37)(H,33,34)(H,38,39)(H4,24,25,28)(H4,26,27,29). The lowest BCUT2D eigenvalue weighted by Crippen LogP contribution is -2.57. The van der Waals surface area contributed by atoms with Crippen molar-refractivity contribution in [3.05, 3.63) is 0 Å². The van der Waals surface area contributed by atoms with Gasteiger partial charge in [0.1, 0.15) is 18.1 Å². The molecule has 0 fully saturated rings. The molecule has 0 aromatic rings. The van der Waals surface area contributed by atoms with Gasteiger partial charge in [0.15, 0.2) is 11.9 Å². The highest BCUT2D eigenvalue weighted by atomic mass is 16.4. The molecular weight excluding hydrogens is 516 g/mol. The van der Waals surface area contributed by atoms with Gasteiger partial charge >= 0.3 is 11.9 Å². The second kappa shape index (κ2) is 18.2. The topological polar surface area (TPSA) is 317 Å². The van der Waals surface area contributed by atoms with E-state index in [1.54, 1.807) is 13.8 Å². The summed E-state index contributed by atoms with van der Waals surface area (Å²) in [4.78, 5) is 68.7. The smallest absolute Gasteiger partial charge is 0.326 e. The van der Waals surface area contributed by atoms with Crippen LogP contribution in [0.1, 0.15) is 52.4 Å². The van der Waals surface area contributed by atoms with Crippen LogP contribution in [0, 0.1) is 5.92 Å². The summed E-state index contributed by atoms with van der Waals surface area (Å²) < 4.78 is 0. The first-order valence-corrected chi connectivity index (χ1v) is 12.4. The SMILES string of the molecule is CC(C)C(NC(=O)C(CCCN=C(N)N)NC(=O)C(CCCN=C(N)N)NC(=O)C(N)CCC(=O)O)C(=O)O. The lowest BCUT2D eigenvalue weighted by atomic mass is 10.0. The van der Waals surface area contributed by atoms with E-state index in [1.165, 1.54) is 0 Å². The van der Waals surface area contributed by atoms with Crippen LogP contribution >= 0.6 is 0 Å². The van der Waals surface area contributed by atoms with Crippen molar-refractivity contribution in [3.63, 3.8) is 0 Å². The quantitative estimate of drug-likeness (QED) is 0.0419. The van der Waals surface area contributed by atoms with Crippen LogP contribution in [-0.4, -0.2) is 89.0 Å². The minimum absolute atomic E-state index is 0.0472. The Balaban J connectivity index is 5.74. The van der Waals surface area contributed by atoms with Crippen LogP contribution in [0.5, 0.6) is 0 Å². The van der Waals surface area contributed by atoms with Gasteiger partial charge in [0.05, 0.1) is 6.04 Å². The van der Waals surface area contributed by atoms with Gasteiger partial charge in [-0.3, -0.25) is 29.2 Å². The Morgan fingerprint density at radius 3 is 1.54 bits per heavy atom. The van der Waals surface area contributed by atoms with Gasteiger partial charge in [0.25, 0.3) is 0 Å². The number of nitrogens with one attached hydrogen (secondary N) is 3. The highest BCUT2D eigenvalue weighted by Crippen LogP contribution is 2.07. The molecule has 17 heteroatoms. The first-order chi connectivity index (χ1) is 18.1. The molecule has 0 aromatic carbocycles. The Morgan fingerprint density at radius 1 is 0.718 bits per heavy atom. The summed E-state index contributed by atoms with van der Waals surface area (Å²) in [5, 5.41) is 25.7. The second-order valence-corrected chi connectivity index (χ2v) is 9.13. The van der Waals surface area contributed by atoms with Gasteiger partial charge in [-0.25, -0.2) is 4.79 Å². The highest BCUT2D eigenvalue weighted by molar-refractivity contribution is 5.94. The normalized spacial score (nSPS) is 13.7. The van der Waals surface area contributed by atoms with E-state index < -0.39 is 59.7 Å². The maximum Gasteiger partial charge on any atom is 0.326 e. The van der Waals surface area contributed by atoms with Crippen LogP contribution < -0.4 is 44.6 Å². The minimum Gasteiger partial charge on any atom is -0.481 e. The molecule has 0 aliphatic heterocycles. The summed E-state index contributed by atoms with van der Waals surface area (Å²) in [6.45, 7) is 3.51. The van der Waals surface area contributed by atoms with E-state index in [-0.39, 0.29) is 63.5 Å². The van der Waals surface area contributed by atoms with Crippen molar-refractivity contribution in [2.24, 2.45) is 44.6 Å². The monoisotopic (exact) mass is 558 g/mol. The largest absolute Gasteiger partial charge is 0.481 e. The fraction of sp³-hybridized carbons (Fsp3) is 0.682. The molecule has 4 unspecified atom stereocenters. The zero-order valence-corrected chi connectivity index (χ0v) is 22.3. The Kier molecular flexibility index (Phi) is 16.2. The van der Waals surface area contributed by atoms with Crippen LogP contribution in [0.15, 0.2) is 9.98 Å². The Bertz CT molecular complexity index is 902. The van der Waals surface area contributed by atoms with Crippen molar-refractivity contribution in [3.8, 4) is 0 Å². The van der Waals surface area contributed by atoms with Crippen molar-refractivity contribution in [1.82, 2.24) is 16.0 Å². The molecule has 0 spiro atoms. The van der Waals surface area contributed by atoms with Gasteiger partial charge in [-0.1, -0.05) is 13.8 Å². The van der Waals surface area contributed by atoms with Gasteiger partial charge in [0, 0.05) is 19.5 Å². The summed E-state index contributed by atoms with van der Waals surface area (Å²) in [6.07, 6.45) is 0.102. The molecule has 0 saturated heterocycles. The maximum atomic E-state index is 13.2. The Labute approximate surface area is 226 Å². The predicted molar refractivity (Wildman–Crippen MR) is 143 cm³/mol. The fourth-order valence-electron chi connectivity index (χ4n) is 3.27. The average Bonchev–Trinajstić information content (AvgIpc) is 2.83. The summed E-state index contributed by atoms with van der Waals surface area (Å²) >= 11 is 0. The molecule has 0 rings (SSSR count). The summed E-state index contributed by atoms with van der Waals surface area (Å²) in [5.41, 5.74) is 27.0. The van der Waals surface area contributed by atoms with Crippen molar-refractivity contribution in [1.29, 1.82) is 0 Å². The molecule has 222 valence electrons. The molecule has 39 heavy (non-hydrogen) atoms. The molecule has 0 heterocycles. The number of carbonyl (C=O) groups is 5. The molecule has 17 nitrogen and oxygen atoms in total. The van der Waals surface area contributed by atoms with Gasteiger partial charge in [-0.15, -0.1) is 0 Å². The molecule has 0 saturated carbocycles. The Hall–Kier alpha value is -4.15. The lowest BCUT2D eigenvalue weighted by Gasteiger charge is -2.26. The van der Waals surface area contributed by atoms with Crippen LogP contribution in [-0.2, 0) is 24.0 Å². The first-order valence-electron chi connectivity index (χ1n) is 12.4. The molecule has 0 aromatic heterocycles. The molecule has 0 bridgehead atoms. The number of carbonyl (C=O) groups excluding carboxylic acids is 3. The first kappa shape index (κ1) is 34.9. The molecule has 0 aliphatic carbocycles. The van der Waals surface area contributed by atoms with E-state index in [0.717, 1.165) is 0 Å². The van der Waals surface area contributed by atoms with E-state index in [0.29, 0.717) is 0 Å². The number of carboxylic acids is 2. The minimum atomic E-state index is -1.25. The number of hydrogen-bond acceptors (Lipinski definition) is 8. The second-order valence-electron chi connectivity index (χ2n) is 9.13. The number of amides is 3. The van der Waals surface area contributed by atoms with E-state index >= 15 is 0 Å². The molecule has 0 radical (unpaired) electrons. The zero-order chi connectivity index (χ0) is 30.1. The summed E-state index contributed by atoms with van der Waals surface area (Å²) in [5.74, 6) is -5.42. The van der Waals surface area contributed by atoms with Crippen LogP contribution in [0.2, 0.25) is 0 Å². The summed E-state index contributed by atoms with van der Waals surface area (Å²) in [7, 11) is 0. The number of guanidine groups is 2. The number of hydrogen-bond donors (Lipinski definition) is 10. The van der Waals surface area contributed by atoms with Crippen LogP contribution in [0.25, 0.3) is 0 Å². The number of nitrogens with zero attached hydrogens (tertiary/aromatic N) is 2. The third-order valence-corrected chi connectivity index (χ3v) is 5.39. The zero-order valence-electron chi connectivity index (χ0n) is 22.3. The van der Waals surface area contributed by atoms with Crippen molar-refractivity contribution in [2.45, 2.75) is 76.5 Å². The molecular formula is C22H42N10O7.